The molecule has 0 radical (unpaired) electrons. The summed E-state index contributed by atoms with van der Waals surface area (Å²) in [6.45, 7) is 1.62. The van der Waals surface area contributed by atoms with Gasteiger partial charge < -0.3 is 9.47 Å². The van der Waals surface area contributed by atoms with Gasteiger partial charge in [0.1, 0.15) is 11.5 Å². The van der Waals surface area contributed by atoms with Crippen LogP contribution >= 0.6 is 11.6 Å². The lowest BCUT2D eigenvalue weighted by Gasteiger charge is -2.12. The van der Waals surface area contributed by atoms with Crippen molar-refractivity contribution in [1.82, 2.24) is 5.43 Å². The minimum atomic E-state index is -0.737. The number of hydrogen-bond acceptors (Lipinski definition) is 5. The van der Waals surface area contributed by atoms with Crippen LogP contribution in [0.15, 0.2) is 90.0 Å². The molecule has 3 aromatic rings. The number of rotatable bonds is 8. The molecule has 0 bridgehead atoms. The molecule has 6 nitrogen and oxygen atoms in total. The van der Waals surface area contributed by atoms with Gasteiger partial charge in [-0.15, -0.1) is 0 Å². The Morgan fingerprint density at radius 2 is 1.56 bits per heavy atom. The highest BCUT2D eigenvalue weighted by molar-refractivity contribution is 6.30. The summed E-state index contributed by atoms with van der Waals surface area (Å²) in [7, 11) is 0. The Bertz CT molecular complexity index is 1100. The van der Waals surface area contributed by atoms with Crippen LogP contribution in [0.1, 0.15) is 18.1 Å². The fourth-order valence-electron chi connectivity index (χ4n) is 2.53. The van der Waals surface area contributed by atoms with Gasteiger partial charge in [0, 0.05) is 11.1 Å². The van der Waals surface area contributed by atoms with E-state index >= 15 is 0 Å². The molecule has 0 saturated heterocycles. The normalized spacial score (nSPS) is 11.9. The van der Waals surface area contributed by atoms with Gasteiger partial charge >= 0.3 is 5.97 Å². The minimum Gasteiger partial charge on any atom is -0.481 e. The molecule has 0 saturated carbocycles. The molecule has 3 rings (SSSR count). The largest absolute Gasteiger partial charge is 0.481 e. The molecule has 0 aromatic heterocycles. The van der Waals surface area contributed by atoms with Crippen LogP contribution < -0.4 is 14.9 Å². The zero-order valence-corrected chi connectivity index (χ0v) is 18.0. The molecule has 32 heavy (non-hydrogen) atoms. The van der Waals surface area contributed by atoms with Crippen molar-refractivity contribution in [2.24, 2.45) is 5.10 Å². The molecule has 0 aliphatic carbocycles. The molecule has 0 fully saturated rings. The molecule has 1 atom stereocenters. The van der Waals surface area contributed by atoms with E-state index in [1.54, 1.807) is 61.5 Å². The molecule has 7 heteroatoms. The van der Waals surface area contributed by atoms with Crippen LogP contribution in [0.25, 0.3) is 6.08 Å². The summed E-state index contributed by atoms with van der Waals surface area (Å²) < 4.78 is 10.8. The molecule has 0 spiro atoms. The third-order valence-electron chi connectivity index (χ3n) is 4.19. The van der Waals surface area contributed by atoms with Crippen LogP contribution in [0.2, 0.25) is 5.02 Å². The zero-order chi connectivity index (χ0) is 22.8. The fourth-order valence-corrected chi connectivity index (χ4v) is 2.66. The standard InChI is InChI=1S/C25H21ClN2O4/c1-18(31-22-14-10-21(26)11-15-22)25(30)28-27-17-20-7-12-23(13-8-20)32-24(29)16-9-19-5-3-2-4-6-19/h2-18H,1H3,(H,28,30)/b16-9+,27-17+. The summed E-state index contributed by atoms with van der Waals surface area (Å²) in [4.78, 5) is 24.0. The van der Waals surface area contributed by atoms with E-state index < -0.39 is 18.0 Å². The van der Waals surface area contributed by atoms with E-state index in [2.05, 4.69) is 10.5 Å². The first kappa shape index (κ1) is 22.8. The number of hydrogen-bond donors (Lipinski definition) is 1. The van der Waals surface area contributed by atoms with Crippen LogP contribution in [0, 0.1) is 0 Å². The fraction of sp³-hybridized carbons (Fsp3) is 0.0800. The lowest BCUT2D eigenvalue weighted by Crippen LogP contribution is -2.33. The van der Waals surface area contributed by atoms with Gasteiger partial charge in [-0.05, 0) is 72.7 Å². The first-order valence-electron chi connectivity index (χ1n) is 9.80. The predicted octanol–water partition coefficient (Wildman–Crippen LogP) is 4.88. The molecular weight excluding hydrogens is 428 g/mol. The second-order valence-corrected chi connectivity index (χ2v) is 7.12. The number of benzene rings is 3. The highest BCUT2D eigenvalue weighted by Gasteiger charge is 2.13. The number of amides is 1. The van der Waals surface area contributed by atoms with Gasteiger partial charge in [0.25, 0.3) is 5.91 Å². The van der Waals surface area contributed by atoms with E-state index in [1.807, 2.05) is 30.3 Å². The van der Waals surface area contributed by atoms with Crippen molar-refractivity contribution >= 4 is 35.8 Å². The Balaban J connectivity index is 1.46. The quantitative estimate of drug-likeness (QED) is 0.175. The van der Waals surface area contributed by atoms with Crippen molar-refractivity contribution in [1.29, 1.82) is 0 Å². The van der Waals surface area contributed by atoms with Crippen molar-refractivity contribution in [3.63, 3.8) is 0 Å². The van der Waals surface area contributed by atoms with Crippen LogP contribution in [0.3, 0.4) is 0 Å². The van der Waals surface area contributed by atoms with E-state index in [0.717, 1.165) is 11.1 Å². The van der Waals surface area contributed by atoms with Gasteiger partial charge in [-0.25, -0.2) is 10.2 Å². The molecule has 0 aliphatic rings. The summed E-state index contributed by atoms with van der Waals surface area (Å²) in [5, 5.41) is 4.51. The SMILES string of the molecule is CC(Oc1ccc(Cl)cc1)C(=O)N/N=C/c1ccc(OC(=O)/C=C/c2ccccc2)cc1. The van der Waals surface area contributed by atoms with Crippen LogP contribution in [0.4, 0.5) is 0 Å². The number of nitrogens with zero attached hydrogens (tertiary/aromatic N) is 1. The summed E-state index contributed by atoms with van der Waals surface area (Å²) >= 11 is 5.83. The maximum Gasteiger partial charge on any atom is 0.336 e. The Kier molecular flexibility index (Phi) is 8.17. The van der Waals surface area contributed by atoms with Gasteiger partial charge in [0.15, 0.2) is 6.10 Å². The number of halogens is 1. The van der Waals surface area contributed by atoms with E-state index in [9.17, 15) is 9.59 Å². The minimum absolute atomic E-state index is 0.396. The third kappa shape index (κ3) is 7.41. The van der Waals surface area contributed by atoms with Crippen molar-refractivity contribution in [3.05, 3.63) is 101 Å². The molecule has 3 aromatic carbocycles. The molecule has 162 valence electrons. The predicted molar refractivity (Wildman–Crippen MR) is 125 cm³/mol. The smallest absolute Gasteiger partial charge is 0.336 e. The Morgan fingerprint density at radius 1 is 0.906 bits per heavy atom. The molecular formula is C25H21ClN2O4. The zero-order valence-electron chi connectivity index (χ0n) is 17.3. The first-order valence-corrected chi connectivity index (χ1v) is 10.2. The van der Waals surface area contributed by atoms with Crippen LogP contribution in [-0.2, 0) is 9.59 Å². The Morgan fingerprint density at radius 3 is 2.25 bits per heavy atom. The monoisotopic (exact) mass is 448 g/mol. The van der Waals surface area contributed by atoms with E-state index in [4.69, 9.17) is 21.1 Å². The average molecular weight is 449 g/mol. The van der Waals surface area contributed by atoms with Crippen molar-refractivity contribution in [3.8, 4) is 11.5 Å². The van der Waals surface area contributed by atoms with Gasteiger partial charge in [0.05, 0.1) is 6.21 Å². The Hall–Kier alpha value is -3.90. The third-order valence-corrected chi connectivity index (χ3v) is 4.45. The summed E-state index contributed by atoms with van der Waals surface area (Å²) in [6, 6.07) is 22.9. The number of carbonyl (C=O) groups is 2. The first-order chi connectivity index (χ1) is 15.5. The van der Waals surface area contributed by atoms with Gasteiger partial charge in [-0.1, -0.05) is 41.9 Å². The summed E-state index contributed by atoms with van der Waals surface area (Å²) in [5.74, 6) is 0.0628. The summed E-state index contributed by atoms with van der Waals surface area (Å²) in [5.41, 5.74) is 4.05. The lowest BCUT2D eigenvalue weighted by molar-refractivity contribution is -0.129. The number of hydrazone groups is 1. The molecule has 0 heterocycles. The van der Waals surface area contributed by atoms with Crippen LogP contribution in [-0.4, -0.2) is 24.2 Å². The Labute approximate surface area is 191 Å². The lowest BCUT2D eigenvalue weighted by atomic mass is 10.2. The summed E-state index contributed by atoms with van der Waals surface area (Å²) in [6.07, 6.45) is 3.80. The molecule has 0 aliphatic heterocycles. The van der Waals surface area contributed by atoms with Gasteiger partial charge in [-0.3, -0.25) is 4.79 Å². The van der Waals surface area contributed by atoms with Crippen molar-refractivity contribution < 1.29 is 19.1 Å². The number of ether oxygens (including phenoxy) is 2. The number of nitrogens with one attached hydrogen (secondary N) is 1. The second-order valence-electron chi connectivity index (χ2n) is 6.68. The van der Waals surface area contributed by atoms with E-state index in [1.165, 1.54) is 12.3 Å². The molecule has 1 amide bonds. The highest BCUT2D eigenvalue weighted by atomic mass is 35.5. The molecule has 1 N–H and O–H groups in total. The van der Waals surface area contributed by atoms with Crippen molar-refractivity contribution in [2.45, 2.75) is 13.0 Å². The topological polar surface area (TPSA) is 77.0 Å². The highest BCUT2D eigenvalue weighted by Crippen LogP contribution is 2.17. The van der Waals surface area contributed by atoms with Crippen molar-refractivity contribution in [2.75, 3.05) is 0 Å². The van der Waals surface area contributed by atoms with Crippen LogP contribution in [0.5, 0.6) is 11.5 Å². The maximum absolute atomic E-state index is 12.1. The maximum atomic E-state index is 12.1. The van der Waals surface area contributed by atoms with Gasteiger partial charge in [0.2, 0.25) is 0 Å². The number of carbonyl (C=O) groups excluding carboxylic acids is 2. The molecule has 1 unspecified atom stereocenters. The average Bonchev–Trinajstić information content (AvgIpc) is 2.81. The van der Waals surface area contributed by atoms with E-state index in [-0.39, 0.29) is 0 Å². The van der Waals surface area contributed by atoms with E-state index in [0.29, 0.717) is 16.5 Å². The van der Waals surface area contributed by atoms with Gasteiger partial charge in [-0.2, -0.15) is 5.10 Å². The second kappa shape index (κ2) is 11.5. The number of esters is 1.